The minimum absolute atomic E-state index is 0.672. The average Bonchev–Trinajstić information content (AvgIpc) is 2.29. The summed E-state index contributed by atoms with van der Waals surface area (Å²) in [5.41, 5.74) is 1.22. The highest BCUT2D eigenvalue weighted by atomic mass is 16.5. The second-order valence-electron chi connectivity index (χ2n) is 3.66. The lowest BCUT2D eigenvalue weighted by atomic mass is 10.2. The average molecular weight is 204 g/mol. The molecule has 1 rings (SSSR count). The molecule has 0 aliphatic heterocycles. The molecule has 0 saturated heterocycles. The maximum absolute atomic E-state index is 5.42. The van der Waals surface area contributed by atoms with Crippen molar-refractivity contribution in [3.05, 3.63) is 48.2 Å². The normalized spacial score (nSPS) is 10.7. The van der Waals surface area contributed by atoms with Gasteiger partial charge in [-0.05, 0) is 24.5 Å². The molecular weight excluding hydrogens is 184 g/mol. The van der Waals surface area contributed by atoms with Gasteiger partial charge in [-0.15, -0.1) is 0 Å². The van der Waals surface area contributed by atoms with Crippen molar-refractivity contribution in [1.29, 1.82) is 0 Å². The van der Waals surface area contributed by atoms with Gasteiger partial charge in [0.1, 0.15) is 6.61 Å². The van der Waals surface area contributed by atoms with Gasteiger partial charge in [0.2, 0.25) is 0 Å². The zero-order valence-electron chi connectivity index (χ0n) is 9.49. The van der Waals surface area contributed by atoms with Crippen LogP contribution in [0.3, 0.4) is 0 Å². The van der Waals surface area contributed by atoms with E-state index in [0.29, 0.717) is 6.61 Å². The number of hydrogen-bond acceptors (Lipinski definition) is 1. The van der Waals surface area contributed by atoms with Crippen molar-refractivity contribution in [2.24, 2.45) is 0 Å². The van der Waals surface area contributed by atoms with Crippen LogP contribution in [0.15, 0.2) is 42.7 Å². The largest absolute Gasteiger partial charge is 0.497 e. The minimum atomic E-state index is 0.672. The van der Waals surface area contributed by atoms with E-state index in [1.165, 1.54) is 24.8 Å². The summed E-state index contributed by atoms with van der Waals surface area (Å²) in [6, 6.07) is 10.2. The van der Waals surface area contributed by atoms with E-state index in [1.54, 1.807) is 0 Å². The Kier molecular flexibility index (Phi) is 6.39. The Bertz CT molecular complexity index is 264. The molecule has 1 aromatic rings. The molecule has 0 saturated carbocycles. The second-order valence-corrected chi connectivity index (χ2v) is 3.66. The summed E-state index contributed by atoms with van der Waals surface area (Å²) < 4.78 is 5.42. The Labute approximate surface area is 92.8 Å². The smallest absolute Gasteiger partial charge is 0.112 e. The molecule has 0 N–H and O–H groups in total. The van der Waals surface area contributed by atoms with Gasteiger partial charge in [0.05, 0.1) is 6.26 Å². The molecule has 1 heteroatoms. The van der Waals surface area contributed by atoms with Crippen LogP contribution in [0.25, 0.3) is 0 Å². The minimum Gasteiger partial charge on any atom is -0.497 e. The summed E-state index contributed by atoms with van der Waals surface area (Å²) in [6.07, 6.45) is 8.91. The monoisotopic (exact) mass is 204 g/mol. The van der Waals surface area contributed by atoms with E-state index in [4.69, 9.17) is 4.74 Å². The molecular formula is C14H20O. The van der Waals surface area contributed by atoms with Gasteiger partial charge in [0, 0.05) is 0 Å². The SMILES string of the molecule is CCCCC/C=C/OCc1ccccc1. The lowest BCUT2D eigenvalue weighted by Crippen LogP contribution is -1.84. The topological polar surface area (TPSA) is 9.23 Å². The molecule has 0 spiro atoms. The lowest BCUT2D eigenvalue weighted by Gasteiger charge is -2.00. The Morgan fingerprint density at radius 2 is 1.93 bits per heavy atom. The van der Waals surface area contributed by atoms with Crippen LogP contribution in [-0.4, -0.2) is 0 Å². The fourth-order valence-electron chi connectivity index (χ4n) is 1.37. The first-order valence-electron chi connectivity index (χ1n) is 5.74. The molecule has 15 heavy (non-hydrogen) atoms. The Hall–Kier alpha value is -1.24. The molecule has 0 aliphatic rings. The second kappa shape index (κ2) is 8.10. The molecule has 0 radical (unpaired) electrons. The highest BCUT2D eigenvalue weighted by Gasteiger charge is 1.87. The highest BCUT2D eigenvalue weighted by molar-refractivity contribution is 5.13. The van der Waals surface area contributed by atoms with E-state index in [9.17, 15) is 0 Å². The van der Waals surface area contributed by atoms with Crippen molar-refractivity contribution in [1.82, 2.24) is 0 Å². The molecule has 0 aromatic heterocycles. The number of ether oxygens (including phenoxy) is 1. The molecule has 0 atom stereocenters. The number of benzene rings is 1. The van der Waals surface area contributed by atoms with Crippen LogP contribution in [0.1, 0.15) is 38.2 Å². The van der Waals surface area contributed by atoms with E-state index in [-0.39, 0.29) is 0 Å². The van der Waals surface area contributed by atoms with Gasteiger partial charge in [0.25, 0.3) is 0 Å². The van der Waals surface area contributed by atoms with Crippen LogP contribution in [0, 0.1) is 0 Å². The Morgan fingerprint density at radius 1 is 1.13 bits per heavy atom. The fourth-order valence-corrected chi connectivity index (χ4v) is 1.37. The van der Waals surface area contributed by atoms with E-state index < -0.39 is 0 Å². The first kappa shape index (κ1) is 11.8. The number of allylic oxidation sites excluding steroid dienone is 1. The van der Waals surface area contributed by atoms with Crippen LogP contribution in [0.4, 0.5) is 0 Å². The van der Waals surface area contributed by atoms with Crippen molar-refractivity contribution in [3.8, 4) is 0 Å². The first-order chi connectivity index (χ1) is 7.43. The van der Waals surface area contributed by atoms with E-state index >= 15 is 0 Å². The predicted molar refractivity (Wildman–Crippen MR) is 64.5 cm³/mol. The first-order valence-corrected chi connectivity index (χ1v) is 5.74. The van der Waals surface area contributed by atoms with Crippen molar-refractivity contribution in [3.63, 3.8) is 0 Å². The van der Waals surface area contributed by atoms with Crippen LogP contribution in [0.5, 0.6) is 0 Å². The van der Waals surface area contributed by atoms with Crippen molar-refractivity contribution >= 4 is 0 Å². The number of unbranched alkanes of at least 4 members (excludes halogenated alkanes) is 3. The molecule has 1 nitrogen and oxygen atoms in total. The molecule has 82 valence electrons. The van der Waals surface area contributed by atoms with Crippen LogP contribution >= 0.6 is 0 Å². The summed E-state index contributed by atoms with van der Waals surface area (Å²) in [6.45, 7) is 2.89. The summed E-state index contributed by atoms with van der Waals surface area (Å²) in [5, 5.41) is 0. The zero-order valence-corrected chi connectivity index (χ0v) is 9.49. The molecule has 0 fully saturated rings. The summed E-state index contributed by atoms with van der Waals surface area (Å²) >= 11 is 0. The summed E-state index contributed by atoms with van der Waals surface area (Å²) in [7, 11) is 0. The Balaban J connectivity index is 2.06. The fraction of sp³-hybridized carbons (Fsp3) is 0.429. The van der Waals surface area contributed by atoms with Gasteiger partial charge in [0.15, 0.2) is 0 Å². The van der Waals surface area contributed by atoms with E-state index in [0.717, 1.165) is 6.42 Å². The third kappa shape index (κ3) is 5.95. The van der Waals surface area contributed by atoms with Gasteiger partial charge < -0.3 is 4.74 Å². The summed E-state index contributed by atoms with van der Waals surface area (Å²) in [5.74, 6) is 0. The van der Waals surface area contributed by atoms with Gasteiger partial charge in [-0.25, -0.2) is 0 Å². The molecule has 0 aliphatic carbocycles. The van der Waals surface area contributed by atoms with Crippen molar-refractivity contribution in [2.75, 3.05) is 0 Å². The molecule has 0 amide bonds. The highest BCUT2D eigenvalue weighted by Crippen LogP contribution is 2.02. The summed E-state index contributed by atoms with van der Waals surface area (Å²) in [4.78, 5) is 0. The molecule has 0 bridgehead atoms. The lowest BCUT2D eigenvalue weighted by molar-refractivity contribution is 0.235. The van der Waals surface area contributed by atoms with E-state index in [2.05, 4.69) is 25.1 Å². The standard InChI is InChI=1S/C14H20O/c1-2-3-4-5-9-12-15-13-14-10-7-6-8-11-14/h6-12H,2-5,13H2,1H3/b12-9+. The predicted octanol–water partition coefficient (Wildman–Crippen LogP) is 4.30. The van der Waals surface area contributed by atoms with Crippen molar-refractivity contribution in [2.45, 2.75) is 39.2 Å². The van der Waals surface area contributed by atoms with Crippen molar-refractivity contribution < 1.29 is 4.74 Å². The molecule has 0 unspecified atom stereocenters. The van der Waals surface area contributed by atoms with Gasteiger partial charge in [-0.1, -0.05) is 50.1 Å². The van der Waals surface area contributed by atoms with Gasteiger partial charge in [-0.3, -0.25) is 0 Å². The molecule has 0 heterocycles. The van der Waals surface area contributed by atoms with Gasteiger partial charge >= 0.3 is 0 Å². The number of hydrogen-bond donors (Lipinski definition) is 0. The third-order valence-electron chi connectivity index (χ3n) is 2.26. The van der Waals surface area contributed by atoms with Crippen LogP contribution in [-0.2, 0) is 11.3 Å². The quantitative estimate of drug-likeness (QED) is 0.475. The van der Waals surface area contributed by atoms with Gasteiger partial charge in [-0.2, -0.15) is 0 Å². The number of rotatable bonds is 7. The van der Waals surface area contributed by atoms with Crippen LogP contribution < -0.4 is 0 Å². The maximum Gasteiger partial charge on any atom is 0.112 e. The molecule has 1 aromatic carbocycles. The zero-order chi connectivity index (χ0) is 10.8. The Morgan fingerprint density at radius 3 is 2.67 bits per heavy atom. The maximum atomic E-state index is 5.42. The van der Waals surface area contributed by atoms with E-state index in [1.807, 2.05) is 24.5 Å². The van der Waals surface area contributed by atoms with Crippen LogP contribution in [0.2, 0.25) is 0 Å². The third-order valence-corrected chi connectivity index (χ3v) is 2.26.